The number of nitrogens with zero attached hydrogens (tertiary/aromatic N) is 3. The van der Waals surface area contributed by atoms with Gasteiger partial charge in [-0.25, -0.2) is 4.98 Å². The van der Waals surface area contributed by atoms with E-state index in [2.05, 4.69) is 0 Å². The van der Waals surface area contributed by atoms with E-state index >= 15 is 0 Å². The third-order valence-corrected chi connectivity index (χ3v) is 8.63. The molecular formula is C31H25N3O5S. The Morgan fingerprint density at radius 3 is 1.88 bits per heavy atom. The lowest BCUT2D eigenvalue weighted by Crippen LogP contribution is -2.52. The van der Waals surface area contributed by atoms with Crippen LogP contribution in [0.2, 0.25) is 0 Å². The first kappa shape index (κ1) is 25.6. The number of carbonyl (C=O) groups excluding carboxylic acids is 4. The van der Waals surface area contributed by atoms with E-state index in [0.717, 1.165) is 5.56 Å². The van der Waals surface area contributed by atoms with Crippen LogP contribution in [0.3, 0.4) is 0 Å². The average molecular weight is 552 g/mol. The zero-order chi connectivity index (χ0) is 28.1. The van der Waals surface area contributed by atoms with Crippen molar-refractivity contribution in [2.75, 3.05) is 31.0 Å². The van der Waals surface area contributed by atoms with Crippen LogP contribution in [0.15, 0.2) is 78.2 Å². The number of Topliss-reactive ketones (excluding diaryl/α,β-unsaturated/α-hetero) is 2. The summed E-state index contributed by atoms with van der Waals surface area (Å²) in [5.74, 6) is -4.89. The maximum Gasteiger partial charge on any atom is 0.238 e. The number of carbonyl (C=O) groups is 4. The summed E-state index contributed by atoms with van der Waals surface area (Å²) in [4.78, 5) is 63.5. The average Bonchev–Trinajstić information content (AvgIpc) is 3.48. The number of amides is 2. The number of ether oxygens (including phenoxy) is 1. The number of anilines is 2. The lowest BCUT2D eigenvalue weighted by atomic mass is 9.69. The van der Waals surface area contributed by atoms with Crippen LogP contribution in [0, 0.1) is 11.8 Å². The van der Waals surface area contributed by atoms with E-state index in [1.54, 1.807) is 75.1 Å². The summed E-state index contributed by atoms with van der Waals surface area (Å²) in [6, 6.07) is 21.1. The second-order valence-electron chi connectivity index (χ2n) is 9.85. The van der Waals surface area contributed by atoms with Crippen LogP contribution >= 0.6 is 11.3 Å². The Bertz CT molecular complexity index is 1610. The van der Waals surface area contributed by atoms with Crippen molar-refractivity contribution in [3.05, 3.63) is 95.0 Å². The topological polar surface area (TPSA) is 96.9 Å². The minimum atomic E-state index is -1.31. The first-order valence-electron chi connectivity index (χ1n) is 12.7. The predicted molar refractivity (Wildman–Crippen MR) is 152 cm³/mol. The van der Waals surface area contributed by atoms with Gasteiger partial charge in [-0.15, -0.1) is 11.3 Å². The summed E-state index contributed by atoms with van der Waals surface area (Å²) in [7, 11) is 4.78. The highest BCUT2D eigenvalue weighted by molar-refractivity contribution is 7.13. The second kappa shape index (κ2) is 9.84. The molecule has 8 nitrogen and oxygen atoms in total. The van der Waals surface area contributed by atoms with Crippen molar-refractivity contribution in [2.45, 2.75) is 5.92 Å². The quantitative estimate of drug-likeness (QED) is 0.329. The zero-order valence-corrected chi connectivity index (χ0v) is 22.8. The van der Waals surface area contributed by atoms with Crippen molar-refractivity contribution in [1.82, 2.24) is 4.98 Å². The first-order valence-corrected chi connectivity index (χ1v) is 13.6. The largest absolute Gasteiger partial charge is 0.497 e. The van der Waals surface area contributed by atoms with Gasteiger partial charge in [0, 0.05) is 42.1 Å². The molecule has 0 radical (unpaired) electrons. The standard InChI is InChI=1S/C31H25N3O5S/c1-33-22-13-6-4-11-19(22)27(35)25(30(33)37)24(21-16-40-29(32-21)17-9-8-10-18(15-17)39-3)26-28(36)20-12-5-7-14-23(20)34(2)31(26)38/h4-16,24-26H,1-3H3. The molecule has 40 heavy (non-hydrogen) atoms. The van der Waals surface area contributed by atoms with E-state index in [1.165, 1.54) is 21.1 Å². The molecule has 4 aromatic rings. The normalized spacial score (nSPS) is 19.4. The molecule has 0 fully saturated rings. The zero-order valence-electron chi connectivity index (χ0n) is 22.0. The molecular weight excluding hydrogens is 526 g/mol. The third-order valence-electron chi connectivity index (χ3n) is 7.72. The fourth-order valence-corrected chi connectivity index (χ4v) is 6.52. The predicted octanol–water partition coefficient (Wildman–Crippen LogP) is 4.85. The second-order valence-corrected chi connectivity index (χ2v) is 10.7. The molecule has 0 saturated carbocycles. The van der Waals surface area contributed by atoms with Crippen molar-refractivity contribution in [3.8, 4) is 16.3 Å². The van der Waals surface area contributed by atoms with Gasteiger partial charge in [0.05, 0.1) is 24.2 Å². The molecule has 0 spiro atoms. The smallest absolute Gasteiger partial charge is 0.238 e. The number of fused-ring (bicyclic) bond motifs is 2. The number of hydrogen-bond donors (Lipinski definition) is 0. The molecule has 1 aromatic heterocycles. The van der Waals surface area contributed by atoms with Gasteiger partial charge in [-0.2, -0.15) is 0 Å². The lowest BCUT2D eigenvalue weighted by molar-refractivity contribution is -0.124. The number of aromatic nitrogens is 1. The highest BCUT2D eigenvalue weighted by atomic mass is 32.1. The van der Waals surface area contributed by atoms with Crippen LogP contribution in [0.1, 0.15) is 32.3 Å². The molecule has 2 aliphatic heterocycles. The minimum absolute atomic E-state index is 0.349. The molecule has 2 amide bonds. The Morgan fingerprint density at radius 1 is 0.775 bits per heavy atom. The van der Waals surface area contributed by atoms with Crippen LogP contribution < -0.4 is 14.5 Å². The monoisotopic (exact) mass is 551 g/mol. The van der Waals surface area contributed by atoms with Gasteiger partial charge in [-0.1, -0.05) is 36.4 Å². The minimum Gasteiger partial charge on any atom is -0.497 e. The fraction of sp³-hybridized carbons (Fsp3) is 0.194. The summed E-state index contributed by atoms with van der Waals surface area (Å²) < 4.78 is 5.35. The molecule has 3 heterocycles. The molecule has 2 aliphatic rings. The van der Waals surface area contributed by atoms with E-state index in [-0.39, 0.29) is 0 Å². The summed E-state index contributed by atoms with van der Waals surface area (Å²) in [6.07, 6.45) is 0. The molecule has 9 heteroatoms. The summed E-state index contributed by atoms with van der Waals surface area (Å²) in [5, 5.41) is 2.36. The van der Waals surface area contributed by atoms with Gasteiger partial charge in [0.25, 0.3) is 0 Å². The highest BCUT2D eigenvalue weighted by Gasteiger charge is 2.53. The molecule has 3 aromatic carbocycles. The number of rotatable bonds is 5. The molecule has 0 N–H and O–H groups in total. The van der Waals surface area contributed by atoms with Crippen LogP contribution in [-0.4, -0.2) is 49.6 Å². The van der Waals surface area contributed by atoms with Gasteiger partial charge in [0.1, 0.15) is 22.6 Å². The van der Waals surface area contributed by atoms with Gasteiger partial charge in [-0.05, 0) is 36.4 Å². The van der Waals surface area contributed by atoms with Crippen molar-refractivity contribution in [3.63, 3.8) is 0 Å². The van der Waals surface area contributed by atoms with Crippen LogP contribution in [-0.2, 0) is 9.59 Å². The Kier molecular flexibility index (Phi) is 6.31. The third kappa shape index (κ3) is 3.93. The van der Waals surface area contributed by atoms with Crippen LogP contribution in [0.25, 0.3) is 10.6 Å². The highest BCUT2D eigenvalue weighted by Crippen LogP contribution is 2.45. The molecule has 200 valence electrons. The van der Waals surface area contributed by atoms with E-state index in [0.29, 0.717) is 39.0 Å². The molecule has 0 saturated heterocycles. The molecule has 2 atom stereocenters. The van der Waals surface area contributed by atoms with Crippen molar-refractivity contribution >= 4 is 46.1 Å². The summed E-state index contributed by atoms with van der Waals surface area (Å²) >= 11 is 1.32. The Hall–Kier alpha value is -4.63. The van der Waals surface area contributed by atoms with Gasteiger partial charge in [-0.3, -0.25) is 19.2 Å². The van der Waals surface area contributed by atoms with E-state index in [1.807, 2.05) is 24.3 Å². The molecule has 2 unspecified atom stereocenters. The summed E-state index contributed by atoms with van der Waals surface area (Å²) in [5.41, 5.74) is 2.85. The lowest BCUT2D eigenvalue weighted by Gasteiger charge is -2.39. The molecule has 0 bridgehead atoms. The van der Waals surface area contributed by atoms with E-state index < -0.39 is 41.1 Å². The van der Waals surface area contributed by atoms with Crippen molar-refractivity contribution in [1.29, 1.82) is 0 Å². The maximum atomic E-state index is 14.0. The fourth-order valence-electron chi connectivity index (χ4n) is 5.66. The Labute approximate surface area is 234 Å². The summed E-state index contributed by atoms with van der Waals surface area (Å²) in [6.45, 7) is 0. The maximum absolute atomic E-state index is 14.0. The Morgan fingerprint density at radius 2 is 1.32 bits per heavy atom. The molecule has 0 aliphatic carbocycles. The van der Waals surface area contributed by atoms with Crippen molar-refractivity contribution in [2.24, 2.45) is 11.8 Å². The van der Waals surface area contributed by atoms with Gasteiger partial charge in [0.2, 0.25) is 11.8 Å². The number of para-hydroxylation sites is 2. The van der Waals surface area contributed by atoms with Crippen LogP contribution in [0.5, 0.6) is 5.75 Å². The number of hydrogen-bond acceptors (Lipinski definition) is 7. The van der Waals surface area contributed by atoms with Crippen LogP contribution in [0.4, 0.5) is 11.4 Å². The van der Waals surface area contributed by atoms with E-state index in [4.69, 9.17) is 9.72 Å². The molecule has 6 rings (SSSR count). The van der Waals surface area contributed by atoms with E-state index in [9.17, 15) is 19.2 Å². The number of thiazole rings is 1. The number of ketones is 2. The van der Waals surface area contributed by atoms with Gasteiger partial charge >= 0.3 is 0 Å². The van der Waals surface area contributed by atoms with Crippen molar-refractivity contribution < 1.29 is 23.9 Å². The van der Waals surface area contributed by atoms with Gasteiger partial charge in [0.15, 0.2) is 11.6 Å². The van der Waals surface area contributed by atoms with Gasteiger partial charge < -0.3 is 14.5 Å². The SMILES string of the molecule is COc1cccc(-c2nc(C(C3C(=O)c4ccccc4N(C)C3=O)C3C(=O)c4ccccc4N(C)C3=O)cs2)c1. The Balaban J connectivity index is 1.53. The number of benzene rings is 3. The first-order chi connectivity index (χ1) is 19.3. The number of methoxy groups -OCH3 is 1.